The SMILES string of the molecule is CC1=C(Nc2ccc3oc(=O)[nH]c3c2)NC(N)(c2cnc(N3CCN(C)CC3)cc2C)N=C1. The molecule has 10 heteroatoms. The lowest BCUT2D eigenvalue weighted by atomic mass is 10.0. The normalized spacial score (nSPS) is 21.5. The number of hydrogen-bond acceptors (Lipinski definition) is 9. The van der Waals surface area contributed by atoms with Crippen molar-refractivity contribution >= 4 is 28.8 Å². The largest absolute Gasteiger partial charge is 0.417 e. The van der Waals surface area contributed by atoms with E-state index < -0.39 is 11.5 Å². The summed E-state index contributed by atoms with van der Waals surface area (Å²) in [6, 6.07) is 7.46. The van der Waals surface area contributed by atoms with E-state index in [1.807, 2.05) is 32.2 Å². The van der Waals surface area contributed by atoms with Crippen LogP contribution in [0.4, 0.5) is 11.5 Å². The van der Waals surface area contributed by atoms with Gasteiger partial charge in [-0.3, -0.25) is 10.7 Å². The van der Waals surface area contributed by atoms with Gasteiger partial charge in [-0.1, -0.05) is 0 Å². The van der Waals surface area contributed by atoms with Crippen LogP contribution in [0.5, 0.6) is 0 Å². The van der Waals surface area contributed by atoms with E-state index in [1.165, 1.54) is 0 Å². The van der Waals surface area contributed by atoms with Crippen LogP contribution in [0.1, 0.15) is 18.1 Å². The molecule has 2 aliphatic rings. The number of oxazole rings is 1. The molecular weight excluding hydrogens is 420 g/mol. The molecule has 0 spiro atoms. The lowest BCUT2D eigenvalue weighted by molar-refractivity contribution is 0.312. The Hall–Kier alpha value is -3.63. The first kappa shape index (κ1) is 21.2. The number of pyridine rings is 1. The highest BCUT2D eigenvalue weighted by molar-refractivity contribution is 5.83. The second-order valence-corrected chi connectivity index (χ2v) is 8.71. The molecule has 5 rings (SSSR count). The van der Waals surface area contributed by atoms with Crippen LogP contribution < -0.4 is 27.0 Å². The molecule has 0 bridgehead atoms. The molecule has 0 saturated carbocycles. The zero-order valence-corrected chi connectivity index (χ0v) is 19.0. The zero-order chi connectivity index (χ0) is 23.2. The maximum atomic E-state index is 11.4. The molecule has 1 fully saturated rings. The van der Waals surface area contributed by atoms with Gasteiger partial charge in [-0.2, -0.15) is 0 Å². The Bertz CT molecular complexity index is 1320. The van der Waals surface area contributed by atoms with Crippen molar-refractivity contribution in [3.8, 4) is 0 Å². The molecule has 1 aromatic carbocycles. The van der Waals surface area contributed by atoms with Gasteiger partial charge in [0.25, 0.3) is 0 Å². The number of aliphatic imine (C=N–C) groups is 1. The van der Waals surface area contributed by atoms with Gasteiger partial charge in [0.2, 0.25) is 5.79 Å². The summed E-state index contributed by atoms with van der Waals surface area (Å²) in [6.07, 6.45) is 3.57. The van der Waals surface area contributed by atoms with Gasteiger partial charge < -0.3 is 24.9 Å². The van der Waals surface area contributed by atoms with Crippen molar-refractivity contribution in [2.24, 2.45) is 10.7 Å². The third-order valence-corrected chi connectivity index (χ3v) is 6.19. The summed E-state index contributed by atoms with van der Waals surface area (Å²) < 4.78 is 5.08. The highest BCUT2D eigenvalue weighted by Crippen LogP contribution is 2.28. The predicted molar refractivity (Wildman–Crippen MR) is 129 cm³/mol. The summed E-state index contributed by atoms with van der Waals surface area (Å²) in [7, 11) is 2.14. The number of H-pyrrole nitrogens is 1. The first-order valence-electron chi connectivity index (χ1n) is 10.9. The third kappa shape index (κ3) is 4.10. The summed E-state index contributed by atoms with van der Waals surface area (Å²) >= 11 is 0. The number of rotatable bonds is 4. The van der Waals surface area contributed by atoms with Gasteiger partial charge in [-0.05, 0) is 50.7 Å². The van der Waals surface area contributed by atoms with Gasteiger partial charge in [0.1, 0.15) is 11.6 Å². The summed E-state index contributed by atoms with van der Waals surface area (Å²) in [5, 5.41) is 6.68. The quantitative estimate of drug-likeness (QED) is 0.475. The number of nitrogens with two attached hydrogens (primary N) is 1. The minimum Gasteiger partial charge on any atom is -0.408 e. The fourth-order valence-electron chi connectivity index (χ4n) is 4.17. The van der Waals surface area contributed by atoms with Gasteiger partial charge in [-0.15, -0.1) is 0 Å². The minimum absolute atomic E-state index is 0.482. The molecule has 0 aliphatic carbocycles. The van der Waals surface area contributed by atoms with E-state index >= 15 is 0 Å². The van der Waals surface area contributed by atoms with Crippen LogP contribution in [0, 0.1) is 6.92 Å². The fraction of sp³-hybridized carbons (Fsp3) is 0.348. The first-order chi connectivity index (χ1) is 15.8. The Balaban J connectivity index is 1.38. The van der Waals surface area contributed by atoms with Crippen LogP contribution in [-0.4, -0.2) is 54.3 Å². The summed E-state index contributed by atoms with van der Waals surface area (Å²) in [4.78, 5) is 28.0. The lowest BCUT2D eigenvalue weighted by Gasteiger charge is -2.35. The van der Waals surface area contributed by atoms with Crippen molar-refractivity contribution in [3.63, 3.8) is 0 Å². The highest BCUT2D eigenvalue weighted by Gasteiger charge is 2.32. The molecule has 3 aromatic rings. The Morgan fingerprint density at radius 3 is 2.73 bits per heavy atom. The lowest BCUT2D eigenvalue weighted by Crippen LogP contribution is -2.52. The average Bonchev–Trinajstić information content (AvgIpc) is 3.16. The Morgan fingerprint density at radius 2 is 1.97 bits per heavy atom. The predicted octanol–water partition coefficient (Wildman–Crippen LogP) is 1.66. The van der Waals surface area contributed by atoms with Gasteiger partial charge in [0, 0.05) is 55.4 Å². The maximum Gasteiger partial charge on any atom is 0.417 e. The number of nitrogens with one attached hydrogen (secondary N) is 3. The topological polar surface area (TPSA) is 128 Å². The van der Waals surface area contributed by atoms with Crippen molar-refractivity contribution in [2.45, 2.75) is 19.6 Å². The fourth-order valence-corrected chi connectivity index (χ4v) is 4.17. The van der Waals surface area contributed by atoms with E-state index in [4.69, 9.17) is 15.1 Å². The molecule has 1 unspecified atom stereocenters. The number of allylic oxidation sites excluding steroid dienone is 1. The Morgan fingerprint density at radius 1 is 1.18 bits per heavy atom. The smallest absolute Gasteiger partial charge is 0.408 e. The van der Waals surface area contributed by atoms with Gasteiger partial charge in [0.15, 0.2) is 5.58 Å². The van der Waals surface area contributed by atoms with E-state index in [-0.39, 0.29) is 0 Å². The average molecular weight is 449 g/mol. The molecule has 0 radical (unpaired) electrons. The molecule has 2 aromatic heterocycles. The van der Waals surface area contributed by atoms with Crippen LogP contribution in [0.3, 0.4) is 0 Å². The van der Waals surface area contributed by atoms with Crippen LogP contribution in [0.2, 0.25) is 0 Å². The highest BCUT2D eigenvalue weighted by atomic mass is 16.4. The van der Waals surface area contributed by atoms with E-state index in [1.54, 1.807) is 12.3 Å². The van der Waals surface area contributed by atoms with E-state index in [0.717, 1.165) is 60.2 Å². The third-order valence-electron chi connectivity index (χ3n) is 6.19. The van der Waals surface area contributed by atoms with E-state index in [9.17, 15) is 4.79 Å². The van der Waals surface area contributed by atoms with Gasteiger partial charge in [0.05, 0.1) is 5.52 Å². The molecule has 0 amide bonds. The minimum atomic E-state index is -1.16. The molecule has 33 heavy (non-hydrogen) atoms. The van der Waals surface area contributed by atoms with Gasteiger partial charge in [-0.25, -0.2) is 14.8 Å². The number of anilines is 2. The van der Waals surface area contributed by atoms with Gasteiger partial charge >= 0.3 is 5.76 Å². The summed E-state index contributed by atoms with van der Waals surface area (Å²) in [5.74, 6) is 0.0399. The molecule has 1 saturated heterocycles. The van der Waals surface area contributed by atoms with Crippen molar-refractivity contribution < 1.29 is 4.42 Å². The first-order valence-corrected chi connectivity index (χ1v) is 10.9. The van der Waals surface area contributed by atoms with Crippen LogP contribution in [-0.2, 0) is 5.79 Å². The van der Waals surface area contributed by atoms with E-state index in [0.29, 0.717) is 11.1 Å². The number of aromatic amines is 1. The van der Waals surface area contributed by atoms with Crippen LogP contribution in [0.25, 0.3) is 11.1 Å². The van der Waals surface area contributed by atoms with Crippen LogP contribution in [0.15, 0.2) is 56.1 Å². The number of hydrogen-bond donors (Lipinski definition) is 4. The standard InChI is InChI=1S/C23H28N8O2/c1-14-10-20(31-8-6-30(3)7-9-31)25-13-17(14)23(24)26-12-15(2)21(29-23)27-16-4-5-19-18(11-16)28-22(32)33-19/h4-5,10-13,27,29H,6-9,24H2,1-3H3,(H,28,32). The number of benzene rings is 1. The zero-order valence-electron chi connectivity index (χ0n) is 19.0. The maximum absolute atomic E-state index is 11.4. The van der Waals surface area contributed by atoms with Crippen molar-refractivity contribution in [1.29, 1.82) is 0 Å². The van der Waals surface area contributed by atoms with Crippen LogP contribution >= 0.6 is 0 Å². The number of aromatic nitrogens is 2. The van der Waals surface area contributed by atoms with Crippen molar-refractivity contribution in [3.05, 3.63) is 63.5 Å². The number of fused-ring (bicyclic) bond motifs is 1. The summed E-state index contributed by atoms with van der Waals surface area (Å²) in [5.41, 5.74) is 11.3. The second-order valence-electron chi connectivity index (χ2n) is 8.71. The molecule has 172 valence electrons. The molecule has 5 N–H and O–H groups in total. The number of piperazine rings is 1. The molecule has 1 atom stereocenters. The molecule has 4 heterocycles. The van der Waals surface area contributed by atoms with E-state index in [2.05, 4.69) is 43.5 Å². The molecular formula is C23H28N8O2. The number of likely N-dealkylation sites (N-methyl/N-ethyl adjacent to an activating group) is 1. The molecule has 10 nitrogen and oxygen atoms in total. The Kier molecular flexibility index (Phi) is 5.18. The monoisotopic (exact) mass is 448 g/mol. The summed E-state index contributed by atoms with van der Waals surface area (Å²) in [6.45, 7) is 7.92. The van der Waals surface area contributed by atoms with Crippen molar-refractivity contribution in [1.82, 2.24) is 20.2 Å². The Labute approximate surface area is 191 Å². The molecule has 2 aliphatic heterocycles. The van der Waals surface area contributed by atoms with Crippen molar-refractivity contribution in [2.75, 3.05) is 43.4 Å². The number of nitrogens with zero attached hydrogens (tertiary/aromatic N) is 4. The second kappa shape index (κ2) is 8.05. The number of aryl methyl sites for hydroxylation is 1.